The molecule has 26 heavy (non-hydrogen) atoms. The van der Waals surface area contributed by atoms with E-state index in [9.17, 15) is 0 Å². The minimum atomic E-state index is 0. The van der Waals surface area contributed by atoms with Crippen molar-refractivity contribution < 1.29 is 0 Å². The summed E-state index contributed by atoms with van der Waals surface area (Å²) in [6, 6.07) is 0. The van der Waals surface area contributed by atoms with E-state index in [-0.39, 0.29) is 24.0 Å². The second-order valence-corrected chi connectivity index (χ2v) is 8.77. The molecule has 2 N–H and O–H groups in total. The average Bonchev–Trinajstić information content (AvgIpc) is 2.88. The van der Waals surface area contributed by atoms with Crippen molar-refractivity contribution in [3.05, 3.63) is 15.6 Å². The highest BCUT2D eigenvalue weighted by Gasteiger charge is 2.20. The number of aromatic nitrogens is 1. The Morgan fingerprint density at radius 2 is 2.12 bits per heavy atom. The van der Waals surface area contributed by atoms with Gasteiger partial charge in [-0.1, -0.05) is 13.8 Å². The number of aryl methyl sites for hydroxylation is 2. The molecule has 7 heteroatoms. The maximum atomic E-state index is 4.72. The van der Waals surface area contributed by atoms with E-state index in [1.807, 2.05) is 0 Å². The lowest BCUT2D eigenvalue weighted by molar-refractivity contribution is 0.159. The van der Waals surface area contributed by atoms with E-state index in [2.05, 4.69) is 55.1 Å². The molecule has 150 valence electrons. The number of halogens is 1. The quantitative estimate of drug-likeness (QED) is 0.345. The topological polar surface area (TPSA) is 52.6 Å². The smallest absolute Gasteiger partial charge is 0.191 e. The number of rotatable bonds is 7. The van der Waals surface area contributed by atoms with Gasteiger partial charge in [-0.3, -0.25) is 0 Å². The molecule has 1 unspecified atom stereocenters. The summed E-state index contributed by atoms with van der Waals surface area (Å²) in [6.45, 7) is 17.1. The number of piperidine rings is 1. The van der Waals surface area contributed by atoms with Crippen LogP contribution in [0.1, 0.15) is 49.2 Å². The predicted molar refractivity (Wildman–Crippen MR) is 124 cm³/mol. The third-order valence-corrected chi connectivity index (χ3v) is 5.63. The van der Waals surface area contributed by atoms with Gasteiger partial charge in [-0.2, -0.15) is 0 Å². The lowest BCUT2D eigenvalue weighted by Crippen LogP contribution is -2.45. The summed E-state index contributed by atoms with van der Waals surface area (Å²) in [4.78, 5) is 13.2. The first-order chi connectivity index (χ1) is 12.0. The molecule has 1 aliphatic heterocycles. The van der Waals surface area contributed by atoms with Gasteiger partial charge in [0.2, 0.25) is 0 Å². The Labute approximate surface area is 180 Å². The number of hydrogen-bond acceptors (Lipinski definition) is 4. The molecule has 0 amide bonds. The highest BCUT2D eigenvalue weighted by molar-refractivity contribution is 14.0. The van der Waals surface area contributed by atoms with Crippen molar-refractivity contribution in [1.82, 2.24) is 20.5 Å². The van der Waals surface area contributed by atoms with Gasteiger partial charge in [0.15, 0.2) is 5.96 Å². The van der Waals surface area contributed by atoms with Crippen LogP contribution < -0.4 is 10.6 Å². The molecule has 2 heterocycles. The Morgan fingerprint density at radius 3 is 2.73 bits per heavy atom. The first kappa shape index (κ1) is 23.6. The maximum Gasteiger partial charge on any atom is 0.191 e. The van der Waals surface area contributed by atoms with Crippen molar-refractivity contribution in [3.8, 4) is 0 Å². The number of nitrogens with one attached hydrogen (secondary N) is 2. The summed E-state index contributed by atoms with van der Waals surface area (Å²) in [5, 5.41) is 8.00. The summed E-state index contributed by atoms with van der Waals surface area (Å²) < 4.78 is 0. The summed E-state index contributed by atoms with van der Waals surface area (Å²) in [5.74, 6) is 2.37. The van der Waals surface area contributed by atoms with Crippen molar-refractivity contribution in [2.45, 2.75) is 54.0 Å². The van der Waals surface area contributed by atoms with Crippen LogP contribution >= 0.6 is 35.3 Å². The van der Waals surface area contributed by atoms with Gasteiger partial charge in [-0.25, -0.2) is 9.98 Å². The van der Waals surface area contributed by atoms with Crippen molar-refractivity contribution in [2.24, 2.45) is 16.8 Å². The summed E-state index contributed by atoms with van der Waals surface area (Å²) in [6.07, 6.45) is 2.62. The van der Waals surface area contributed by atoms with Gasteiger partial charge in [0, 0.05) is 31.1 Å². The summed E-state index contributed by atoms with van der Waals surface area (Å²) in [7, 11) is 0. The zero-order valence-electron chi connectivity index (χ0n) is 17.0. The summed E-state index contributed by atoms with van der Waals surface area (Å²) >= 11 is 1.75. The van der Waals surface area contributed by atoms with E-state index >= 15 is 0 Å². The lowest BCUT2D eigenvalue weighted by Gasteiger charge is -2.34. The third kappa shape index (κ3) is 8.08. The molecule has 0 aliphatic carbocycles. The molecule has 1 fully saturated rings. The fourth-order valence-electron chi connectivity index (χ4n) is 3.34. The van der Waals surface area contributed by atoms with E-state index in [4.69, 9.17) is 4.99 Å². The Kier molecular flexibility index (Phi) is 11.0. The van der Waals surface area contributed by atoms with Crippen LogP contribution in [0.4, 0.5) is 0 Å². The van der Waals surface area contributed by atoms with Crippen LogP contribution in [0.2, 0.25) is 0 Å². The van der Waals surface area contributed by atoms with E-state index in [1.165, 1.54) is 37.4 Å². The van der Waals surface area contributed by atoms with Crippen LogP contribution in [0.25, 0.3) is 0 Å². The van der Waals surface area contributed by atoms with Crippen LogP contribution in [0, 0.1) is 25.7 Å². The van der Waals surface area contributed by atoms with Crippen molar-refractivity contribution in [1.29, 1.82) is 0 Å². The molecular weight excluding hydrogens is 457 g/mol. The van der Waals surface area contributed by atoms with Crippen LogP contribution in [0.15, 0.2) is 4.99 Å². The van der Waals surface area contributed by atoms with Gasteiger partial charge >= 0.3 is 0 Å². The molecule has 1 aliphatic rings. The first-order valence-corrected chi connectivity index (χ1v) is 10.5. The SMILES string of the molecule is CCNC(=NCc1nc(C)c(C)s1)NCC1CCCN(CC(C)C)C1.I. The Hall–Kier alpha value is -0.410. The Bertz CT molecular complexity index is 539. The molecule has 2 rings (SSSR count). The standard InChI is InChI=1S/C19H35N5S.HI/c1-6-20-19(22-11-18-23-15(4)16(5)25-18)21-10-17-8-7-9-24(13-17)12-14(2)3;/h14,17H,6-13H2,1-5H3,(H2,20,21,22);1H. The molecule has 0 bridgehead atoms. The van der Waals surface area contributed by atoms with Gasteiger partial charge in [0.05, 0.1) is 12.2 Å². The number of nitrogens with zero attached hydrogens (tertiary/aromatic N) is 3. The number of thiazole rings is 1. The normalized spacial score (nSPS) is 18.7. The van der Waals surface area contributed by atoms with Gasteiger partial charge in [0.1, 0.15) is 5.01 Å². The molecule has 1 aromatic rings. The summed E-state index contributed by atoms with van der Waals surface area (Å²) in [5.41, 5.74) is 1.13. The van der Waals surface area contributed by atoms with Crippen molar-refractivity contribution >= 4 is 41.3 Å². The van der Waals surface area contributed by atoms with Gasteiger partial charge in [0.25, 0.3) is 0 Å². The second kappa shape index (κ2) is 12.1. The van der Waals surface area contributed by atoms with Gasteiger partial charge in [-0.15, -0.1) is 35.3 Å². The molecular formula is C19H36IN5S. The molecule has 1 aromatic heterocycles. The Balaban J connectivity index is 0.00000338. The molecule has 0 radical (unpaired) electrons. The highest BCUT2D eigenvalue weighted by atomic mass is 127. The largest absolute Gasteiger partial charge is 0.357 e. The number of guanidine groups is 1. The number of hydrogen-bond donors (Lipinski definition) is 2. The van der Waals surface area contributed by atoms with E-state index < -0.39 is 0 Å². The van der Waals surface area contributed by atoms with Crippen molar-refractivity contribution in [3.63, 3.8) is 0 Å². The van der Waals surface area contributed by atoms with E-state index in [0.717, 1.165) is 35.7 Å². The van der Waals surface area contributed by atoms with Crippen LogP contribution in [-0.4, -0.2) is 48.6 Å². The minimum Gasteiger partial charge on any atom is -0.357 e. The molecule has 0 spiro atoms. The first-order valence-electron chi connectivity index (χ1n) is 9.65. The van der Waals surface area contributed by atoms with E-state index in [1.54, 1.807) is 11.3 Å². The average molecular weight is 494 g/mol. The van der Waals surface area contributed by atoms with Crippen LogP contribution in [-0.2, 0) is 6.54 Å². The third-order valence-electron chi connectivity index (χ3n) is 4.57. The van der Waals surface area contributed by atoms with Gasteiger partial charge in [-0.05, 0) is 52.0 Å². The monoisotopic (exact) mass is 493 g/mol. The fourth-order valence-corrected chi connectivity index (χ4v) is 4.19. The number of aliphatic imine (C=N–C) groups is 1. The fraction of sp³-hybridized carbons (Fsp3) is 0.789. The van der Waals surface area contributed by atoms with Crippen LogP contribution in [0.5, 0.6) is 0 Å². The molecule has 1 atom stereocenters. The lowest BCUT2D eigenvalue weighted by atomic mass is 9.97. The second-order valence-electron chi connectivity index (χ2n) is 7.49. The molecule has 5 nitrogen and oxygen atoms in total. The van der Waals surface area contributed by atoms with Gasteiger partial charge < -0.3 is 15.5 Å². The molecule has 0 saturated carbocycles. The Morgan fingerprint density at radius 1 is 1.35 bits per heavy atom. The number of likely N-dealkylation sites (tertiary alicyclic amines) is 1. The minimum absolute atomic E-state index is 0. The predicted octanol–water partition coefficient (Wildman–Crippen LogP) is 3.80. The zero-order valence-corrected chi connectivity index (χ0v) is 20.1. The zero-order chi connectivity index (χ0) is 18.2. The molecule has 0 aromatic carbocycles. The van der Waals surface area contributed by atoms with Crippen molar-refractivity contribution in [2.75, 3.05) is 32.7 Å². The maximum absolute atomic E-state index is 4.72. The van der Waals surface area contributed by atoms with Crippen LogP contribution in [0.3, 0.4) is 0 Å². The highest BCUT2D eigenvalue weighted by Crippen LogP contribution is 2.18. The molecule has 1 saturated heterocycles. The van der Waals surface area contributed by atoms with E-state index in [0.29, 0.717) is 12.5 Å².